The Labute approximate surface area is 154 Å². The molecule has 1 atom stereocenters. The number of amides is 2. The largest absolute Gasteiger partial charge is 0.497 e. The Morgan fingerprint density at radius 2 is 1.88 bits per heavy atom. The lowest BCUT2D eigenvalue weighted by atomic mass is 10.0. The van der Waals surface area contributed by atoms with Crippen LogP contribution in [0.3, 0.4) is 0 Å². The number of benzene rings is 2. The summed E-state index contributed by atoms with van der Waals surface area (Å²) in [4.78, 5) is 25.7. The summed E-state index contributed by atoms with van der Waals surface area (Å²) in [5.41, 5.74) is 3.30. The van der Waals surface area contributed by atoms with E-state index >= 15 is 0 Å². The lowest BCUT2D eigenvalue weighted by Crippen LogP contribution is -2.30. The molecule has 136 valence electrons. The Bertz CT molecular complexity index is 786. The summed E-state index contributed by atoms with van der Waals surface area (Å²) in [7, 11) is 3.28. The molecule has 0 aliphatic carbocycles. The number of nitrogens with one attached hydrogen (secondary N) is 1. The van der Waals surface area contributed by atoms with Crippen molar-refractivity contribution in [2.45, 2.75) is 19.3 Å². The average molecular weight is 352 g/mol. The van der Waals surface area contributed by atoms with Gasteiger partial charge in [0.25, 0.3) is 0 Å². The maximum Gasteiger partial charge on any atom is 0.227 e. The van der Waals surface area contributed by atoms with Crippen LogP contribution in [0.4, 0.5) is 5.69 Å². The van der Waals surface area contributed by atoms with Gasteiger partial charge in [0.05, 0.1) is 13.0 Å². The van der Waals surface area contributed by atoms with E-state index in [2.05, 4.69) is 29.6 Å². The third-order valence-electron chi connectivity index (χ3n) is 4.83. The van der Waals surface area contributed by atoms with Crippen molar-refractivity contribution in [3.63, 3.8) is 0 Å². The van der Waals surface area contributed by atoms with Crippen LogP contribution in [0.1, 0.15) is 17.5 Å². The molecule has 0 unspecified atom stereocenters. The minimum absolute atomic E-state index is 0.00253. The molecule has 5 nitrogen and oxygen atoms in total. The Morgan fingerprint density at radius 3 is 2.58 bits per heavy atom. The van der Waals surface area contributed by atoms with E-state index in [0.717, 1.165) is 24.3 Å². The van der Waals surface area contributed by atoms with Crippen LogP contribution >= 0.6 is 0 Å². The summed E-state index contributed by atoms with van der Waals surface area (Å²) in [6, 6.07) is 16.1. The summed E-state index contributed by atoms with van der Waals surface area (Å²) >= 11 is 0. The van der Waals surface area contributed by atoms with Crippen molar-refractivity contribution < 1.29 is 14.3 Å². The molecule has 3 rings (SSSR count). The van der Waals surface area contributed by atoms with Crippen molar-refractivity contribution in [1.82, 2.24) is 5.32 Å². The number of rotatable bonds is 6. The number of hydrogen-bond donors (Lipinski definition) is 1. The maximum atomic E-state index is 12.2. The molecule has 0 radical (unpaired) electrons. The van der Waals surface area contributed by atoms with Gasteiger partial charge in [-0.15, -0.1) is 0 Å². The zero-order valence-electron chi connectivity index (χ0n) is 15.2. The van der Waals surface area contributed by atoms with Gasteiger partial charge in [-0.2, -0.15) is 0 Å². The fourth-order valence-corrected chi connectivity index (χ4v) is 3.30. The van der Waals surface area contributed by atoms with E-state index in [9.17, 15) is 9.59 Å². The first kappa shape index (κ1) is 18.0. The third kappa shape index (κ3) is 4.04. The van der Waals surface area contributed by atoms with E-state index < -0.39 is 0 Å². The predicted molar refractivity (Wildman–Crippen MR) is 101 cm³/mol. The Kier molecular flexibility index (Phi) is 5.56. The Morgan fingerprint density at radius 1 is 1.15 bits per heavy atom. The van der Waals surface area contributed by atoms with Gasteiger partial charge in [-0.3, -0.25) is 9.59 Å². The standard InChI is InChI=1S/C21H24N2O3/c1-22-21(25)17-13-20(24)23(14-17)18-10-8-15(9-11-18)6-7-16-4-3-5-19(12-16)26-2/h3-5,8-12,17H,6-7,13-14H2,1-2H3,(H,22,25)/t17-/m0/s1. The fourth-order valence-electron chi connectivity index (χ4n) is 3.30. The van der Waals surface area contributed by atoms with E-state index in [0.29, 0.717) is 6.54 Å². The van der Waals surface area contributed by atoms with Gasteiger partial charge >= 0.3 is 0 Å². The van der Waals surface area contributed by atoms with Crippen LogP contribution < -0.4 is 15.0 Å². The number of carbonyl (C=O) groups is 2. The van der Waals surface area contributed by atoms with Gasteiger partial charge in [-0.05, 0) is 48.2 Å². The second-order valence-corrected chi connectivity index (χ2v) is 6.54. The highest BCUT2D eigenvalue weighted by molar-refractivity contribution is 6.00. The molecule has 1 N–H and O–H groups in total. The molecule has 1 saturated heterocycles. The molecule has 0 aromatic heterocycles. The van der Waals surface area contributed by atoms with Gasteiger partial charge in [0.15, 0.2) is 0 Å². The van der Waals surface area contributed by atoms with Crippen LogP contribution in [0.25, 0.3) is 0 Å². The van der Waals surface area contributed by atoms with Crippen LogP contribution in [-0.4, -0.2) is 32.5 Å². The number of anilines is 1. The first-order valence-electron chi connectivity index (χ1n) is 8.84. The molecule has 2 amide bonds. The SMILES string of the molecule is CNC(=O)[C@H]1CC(=O)N(c2ccc(CCc3cccc(OC)c3)cc2)C1. The van der Waals surface area contributed by atoms with Gasteiger partial charge in [0.2, 0.25) is 11.8 Å². The highest BCUT2D eigenvalue weighted by Crippen LogP contribution is 2.26. The monoisotopic (exact) mass is 352 g/mol. The Hall–Kier alpha value is -2.82. The maximum absolute atomic E-state index is 12.2. The first-order valence-corrected chi connectivity index (χ1v) is 8.84. The topological polar surface area (TPSA) is 58.6 Å². The summed E-state index contributed by atoms with van der Waals surface area (Å²) in [5.74, 6) is 0.537. The van der Waals surface area contributed by atoms with E-state index in [1.54, 1.807) is 19.1 Å². The molecule has 5 heteroatoms. The minimum Gasteiger partial charge on any atom is -0.497 e. The summed E-state index contributed by atoms with van der Waals surface area (Å²) < 4.78 is 5.26. The second kappa shape index (κ2) is 8.04. The van der Waals surface area contributed by atoms with Crippen LogP contribution in [0.5, 0.6) is 5.75 Å². The molecule has 0 spiro atoms. The van der Waals surface area contributed by atoms with Crippen molar-refractivity contribution in [1.29, 1.82) is 0 Å². The molecule has 2 aromatic carbocycles. The zero-order valence-corrected chi connectivity index (χ0v) is 15.2. The number of ether oxygens (including phenoxy) is 1. The summed E-state index contributed by atoms with van der Waals surface area (Å²) in [6.45, 7) is 0.446. The molecular weight excluding hydrogens is 328 g/mol. The predicted octanol–water partition coefficient (Wildman–Crippen LogP) is 2.58. The van der Waals surface area contributed by atoms with Crippen molar-refractivity contribution in [3.05, 3.63) is 59.7 Å². The first-order chi connectivity index (χ1) is 12.6. The van der Waals surface area contributed by atoms with Crippen LogP contribution in [0, 0.1) is 5.92 Å². The molecule has 26 heavy (non-hydrogen) atoms. The van der Waals surface area contributed by atoms with Crippen molar-refractivity contribution in [3.8, 4) is 5.75 Å². The second-order valence-electron chi connectivity index (χ2n) is 6.54. The number of carbonyl (C=O) groups excluding carboxylic acids is 2. The summed E-state index contributed by atoms with van der Waals surface area (Å²) in [6.07, 6.45) is 2.12. The van der Waals surface area contributed by atoms with Gasteiger partial charge in [0, 0.05) is 25.7 Å². The summed E-state index contributed by atoms with van der Waals surface area (Å²) in [5, 5.41) is 2.62. The average Bonchev–Trinajstić information content (AvgIpc) is 3.08. The molecule has 1 fully saturated rings. The van der Waals surface area contributed by atoms with Gasteiger partial charge in [-0.25, -0.2) is 0 Å². The van der Waals surface area contributed by atoms with E-state index in [4.69, 9.17) is 4.74 Å². The highest BCUT2D eigenvalue weighted by atomic mass is 16.5. The van der Waals surface area contributed by atoms with Crippen LogP contribution in [0.15, 0.2) is 48.5 Å². The lowest BCUT2D eigenvalue weighted by molar-refractivity contribution is -0.125. The van der Waals surface area contributed by atoms with Gasteiger partial charge in [-0.1, -0.05) is 24.3 Å². The minimum atomic E-state index is -0.264. The zero-order chi connectivity index (χ0) is 18.5. The van der Waals surface area contributed by atoms with Crippen molar-refractivity contribution in [2.75, 3.05) is 25.6 Å². The normalized spacial score (nSPS) is 16.6. The molecule has 1 heterocycles. The van der Waals surface area contributed by atoms with E-state index in [1.807, 2.05) is 24.3 Å². The van der Waals surface area contributed by atoms with E-state index in [-0.39, 0.29) is 24.2 Å². The molecule has 0 saturated carbocycles. The van der Waals surface area contributed by atoms with E-state index in [1.165, 1.54) is 11.1 Å². The molecule has 0 bridgehead atoms. The quantitative estimate of drug-likeness (QED) is 0.869. The Balaban J connectivity index is 1.61. The highest BCUT2D eigenvalue weighted by Gasteiger charge is 2.34. The fraction of sp³-hybridized carbons (Fsp3) is 0.333. The third-order valence-corrected chi connectivity index (χ3v) is 4.83. The van der Waals surface area contributed by atoms with Gasteiger partial charge in [0.1, 0.15) is 5.75 Å². The molecule has 2 aromatic rings. The lowest BCUT2D eigenvalue weighted by Gasteiger charge is -2.17. The number of nitrogens with zero attached hydrogens (tertiary/aromatic N) is 1. The van der Waals surface area contributed by atoms with Crippen LogP contribution in [0.2, 0.25) is 0 Å². The number of aryl methyl sites for hydroxylation is 2. The number of methoxy groups -OCH3 is 1. The number of hydrogen-bond acceptors (Lipinski definition) is 3. The smallest absolute Gasteiger partial charge is 0.227 e. The molecule has 1 aliphatic rings. The molecular formula is C21H24N2O3. The van der Waals surface area contributed by atoms with Gasteiger partial charge < -0.3 is 15.0 Å². The van der Waals surface area contributed by atoms with Crippen molar-refractivity contribution in [2.24, 2.45) is 5.92 Å². The molecule has 1 aliphatic heterocycles. The van der Waals surface area contributed by atoms with Crippen molar-refractivity contribution >= 4 is 17.5 Å². The van der Waals surface area contributed by atoms with Crippen LogP contribution in [-0.2, 0) is 22.4 Å².